The monoisotopic (exact) mass is 562 g/mol. The Hall–Kier alpha value is -3.14. The van der Waals surface area contributed by atoms with Crippen molar-refractivity contribution in [2.45, 2.75) is 83.8 Å². The lowest BCUT2D eigenvalue weighted by Gasteiger charge is -2.35. The highest BCUT2D eigenvalue weighted by Crippen LogP contribution is 2.51. The van der Waals surface area contributed by atoms with E-state index in [-0.39, 0.29) is 29.9 Å². The Labute approximate surface area is 232 Å². The van der Waals surface area contributed by atoms with Gasteiger partial charge < -0.3 is 19.5 Å². The number of methoxy groups -OCH3 is 1. The van der Waals surface area contributed by atoms with Gasteiger partial charge in [0.2, 0.25) is 11.8 Å². The first-order chi connectivity index (χ1) is 18.8. The summed E-state index contributed by atoms with van der Waals surface area (Å²) >= 11 is 0. The maximum Gasteiger partial charge on any atom is 0.417 e. The Balaban J connectivity index is 1.81. The average molecular weight is 563 g/mol. The number of ether oxygens (including phenoxy) is 2. The van der Waals surface area contributed by atoms with E-state index >= 15 is 0 Å². The molecule has 1 aliphatic carbocycles. The van der Waals surface area contributed by atoms with Crippen LogP contribution >= 0.6 is 0 Å². The van der Waals surface area contributed by atoms with Crippen LogP contribution in [0.2, 0.25) is 0 Å². The number of likely N-dealkylation sites (tertiary alicyclic amines) is 1. The van der Waals surface area contributed by atoms with Gasteiger partial charge in [-0.25, -0.2) is 9.78 Å². The van der Waals surface area contributed by atoms with Crippen molar-refractivity contribution in [1.82, 2.24) is 9.88 Å². The summed E-state index contributed by atoms with van der Waals surface area (Å²) in [6, 6.07) is 8.14. The molecule has 4 unspecified atom stereocenters. The number of aliphatic carboxylic acids is 1. The summed E-state index contributed by atoms with van der Waals surface area (Å²) in [4.78, 5) is 32.3. The van der Waals surface area contributed by atoms with Gasteiger partial charge >= 0.3 is 12.1 Å². The topological polar surface area (TPSA) is 89.0 Å². The number of carboxylic acid groups (broad SMARTS) is 1. The number of hydrogen-bond acceptors (Lipinski definition) is 5. The summed E-state index contributed by atoms with van der Waals surface area (Å²) in [5, 5.41) is 10.5. The molecule has 10 heteroatoms. The van der Waals surface area contributed by atoms with E-state index in [2.05, 4.69) is 4.98 Å². The number of carboxylic acids is 1. The summed E-state index contributed by atoms with van der Waals surface area (Å²) in [5.41, 5.74) is -0.772. The van der Waals surface area contributed by atoms with Crippen LogP contribution in [0.15, 0.2) is 42.6 Å². The molecule has 4 atom stereocenters. The first-order valence-electron chi connectivity index (χ1n) is 13.7. The van der Waals surface area contributed by atoms with Gasteiger partial charge in [-0.15, -0.1) is 0 Å². The van der Waals surface area contributed by atoms with E-state index in [0.717, 1.165) is 25.3 Å². The van der Waals surface area contributed by atoms with Crippen molar-refractivity contribution in [2.75, 3.05) is 7.11 Å². The molecule has 0 spiro atoms. The number of hydrogen-bond donors (Lipinski definition) is 1. The maximum atomic E-state index is 14.1. The van der Waals surface area contributed by atoms with Crippen LogP contribution < -0.4 is 4.74 Å². The molecule has 218 valence electrons. The van der Waals surface area contributed by atoms with E-state index in [1.807, 2.05) is 51.1 Å². The molecule has 1 saturated carbocycles. The number of benzene rings is 1. The normalized spacial score (nSPS) is 24.2. The van der Waals surface area contributed by atoms with Crippen LogP contribution in [0.4, 0.5) is 13.2 Å². The molecule has 40 heavy (non-hydrogen) atoms. The third-order valence-electron chi connectivity index (χ3n) is 8.08. The second kappa shape index (κ2) is 11.8. The number of carbonyl (C=O) groups excluding carboxylic acids is 1. The fourth-order valence-corrected chi connectivity index (χ4v) is 6.28. The molecule has 2 aliphatic rings. The van der Waals surface area contributed by atoms with Gasteiger partial charge in [-0.05, 0) is 29.9 Å². The molecule has 2 fully saturated rings. The molecule has 2 aromatic rings. The van der Waals surface area contributed by atoms with Crippen molar-refractivity contribution in [3.8, 4) is 5.88 Å². The van der Waals surface area contributed by atoms with E-state index in [9.17, 15) is 27.9 Å². The SMILES string of the molecule is COc1ncc(C(F)(F)F)cc1COC1C(c2ccccc2)N(C(=O)C2CCCCC2)C(C(=O)O)C1C(C)(C)C. The number of halogens is 3. The minimum Gasteiger partial charge on any atom is -0.481 e. The largest absolute Gasteiger partial charge is 0.481 e. The van der Waals surface area contributed by atoms with Crippen LogP contribution in [0.3, 0.4) is 0 Å². The minimum absolute atomic E-state index is 0.0144. The third kappa shape index (κ3) is 6.11. The summed E-state index contributed by atoms with van der Waals surface area (Å²) in [7, 11) is 1.31. The highest BCUT2D eigenvalue weighted by Gasteiger charge is 2.59. The van der Waals surface area contributed by atoms with Crippen molar-refractivity contribution in [3.63, 3.8) is 0 Å². The fourth-order valence-electron chi connectivity index (χ4n) is 6.28. The molecule has 4 rings (SSSR count). The molecule has 0 radical (unpaired) electrons. The van der Waals surface area contributed by atoms with Gasteiger partial charge in [0.05, 0.1) is 31.4 Å². The molecule has 2 heterocycles. The van der Waals surface area contributed by atoms with Gasteiger partial charge in [-0.3, -0.25) is 4.79 Å². The van der Waals surface area contributed by atoms with E-state index < -0.39 is 47.2 Å². The predicted molar refractivity (Wildman–Crippen MR) is 141 cm³/mol. The lowest BCUT2D eigenvalue weighted by atomic mass is 9.73. The van der Waals surface area contributed by atoms with E-state index in [1.54, 1.807) is 0 Å². The number of carbonyl (C=O) groups is 2. The number of nitrogens with zero attached hydrogens (tertiary/aromatic N) is 2. The van der Waals surface area contributed by atoms with Gasteiger partial charge in [-0.1, -0.05) is 70.4 Å². The summed E-state index contributed by atoms with van der Waals surface area (Å²) in [6.45, 7) is 5.38. The Kier molecular flexibility index (Phi) is 8.77. The zero-order valence-corrected chi connectivity index (χ0v) is 23.3. The van der Waals surface area contributed by atoms with E-state index in [0.29, 0.717) is 24.6 Å². The van der Waals surface area contributed by atoms with Crippen LogP contribution in [0.5, 0.6) is 5.88 Å². The number of amides is 1. The van der Waals surface area contributed by atoms with Crippen molar-refractivity contribution in [2.24, 2.45) is 17.3 Å². The van der Waals surface area contributed by atoms with Crippen LogP contribution in [0, 0.1) is 17.3 Å². The Morgan fingerprint density at radius 2 is 1.73 bits per heavy atom. The maximum absolute atomic E-state index is 14.1. The second-order valence-electron chi connectivity index (χ2n) is 11.8. The van der Waals surface area contributed by atoms with Crippen LogP contribution in [0.1, 0.15) is 75.6 Å². The number of alkyl halides is 3. The first-order valence-corrected chi connectivity index (χ1v) is 13.7. The Morgan fingerprint density at radius 1 is 1.07 bits per heavy atom. The Bertz CT molecular complexity index is 1190. The summed E-state index contributed by atoms with van der Waals surface area (Å²) in [6.07, 6.45) is -0.490. The number of aromatic nitrogens is 1. The summed E-state index contributed by atoms with van der Waals surface area (Å²) in [5.74, 6) is -2.30. The number of rotatable bonds is 7. The lowest BCUT2D eigenvalue weighted by molar-refractivity contribution is -0.154. The van der Waals surface area contributed by atoms with E-state index in [4.69, 9.17) is 9.47 Å². The molecular weight excluding hydrogens is 525 g/mol. The van der Waals surface area contributed by atoms with E-state index in [1.165, 1.54) is 12.0 Å². The predicted octanol–water partition coefficient (Wildman–Crippen LogP) is 6.27. The second-order valence-corrected chi connectivity index (χ2v) is 11.8. The minimum atomic E-state index is -4.61. The van der Waals surface area contributed by atoms with Crippen LogP contribution in [0.25, 0.3) is 0 Å². The molecule has 1 aliphatic heterocycles. The molecule has 1 aromatic heterocycles. The van der Waals surface area contributed by atoms with Gasteiger partial charge in [0.25, 0.3) is 0 Å². The van der Waals surface area contributed by atoms with Crippen LogP contribution in [-0.2, 0) is 27.1 Å². The van der Waals surface area contributed by atoms with Crippen molar-refractivity contribution in [1.29, 1.82) is 0 Å². The zero-order chi connectivity index (χ0) is 29.2. The molecule has 1 amide bonds. The van der Waals surface area contributed by atoms with Crippen molar-refractivity contribution < 1.29 is 37.3 Å². The standard InChI is InChI=1S/C30H37F3N2O5/c1-29(2,3)22-24(28(37)38)35(27(36)19-13-9-6-10-14-19)23(18-11-7-5-8-12-18)25(22)40-17-20-15-21(30(31,32)33)16-34-26(20)39-4/h5,7-8,11-12,15-16,19,22-25H,6,9-10,13-14,17H2,1-4H3,(H,37,38). The van der Waals surface area contributed by atoms with Gasteiger partial charge in [0.15, 0.2) is 0 Å². The Morgan fingerprint density at radius 3 is 2.27 bits per heavy atom. The van der Waals surface area contributed by atoms with Crippen molar-refractivity contribution >= 4 is 11.9 Å². The van der Waals surface area contributed by atoms with Crippen molar-refractivity contribution in [3.05, 3.63) is 59.3 Å². The lowest BCUT2D eigenvalue weighted by Crippen LogP contribution is -2.49. The third-order valence-corrected chi connectivity index (χ3v) is 8.08. The molecule has 1 N–H and O–H groups in total. The highest BCUT2D eigenvalue weighted by molar-refractivity contribution is 5.87. The van der Waals surface area contributed by atoms with Gasteiger partial charge in [0.1, 0.15) is 6.04 Å². The van der Waals surface area contributed by atoms with Gasteiger partial charge in [0, 0.05) is 23.6 Å². The molecule has 1 aromatic carbocycles. The molecule has 0 bridgehead atoms. The molecular formula is C30H37F3N2O5. The molecule has 1 saturated heterocycles. The van der Waals surface area contributed by atoms with Crippen LogP contribution in [-0.4, -0.2) is 46.1 Å². The highest BCUT2D eigenvalue weighted by atomic mass is 19.4. The van der Waals surface area contributed by atoms with Gasteiger partial charge in [-0.2, -0.15) is 13.2 Å². The smallest absolute Gasteiger partial charge is 0.417 e. The fraction of sp³-hybridized carbons (Fsp3) is 0.567. The summed E-state index contributed by atoms with van der Waals surface area (Å²) < 4.78 is 52.0. The average Bonchev–Trinajstić information content (AvgIpc) is 3.28. The zero-order valence-electron chi connectivity index (χ0n) is 23.3. The number of pyridine rings is 1. The first kappa shape index (κ1) is 29.8. The molecule has 7 nitrogen and oxygen atoms in total. The quantitative estimate of drug-likeness (QED) is 0.428.